The van der Waals surface area contributed by atoms with Crippen LogP contribution in [-0.4, -0.2) is 0 Å². The maximum Gasteiger partial charge on any atom is 0.150 e. The van der Waals surface area contributed by atoms with Crippen LogP contribution >= 0.6 is 90.4 Å². The zero-order chi connectivity index (χ0) is 10.9. The Kier molecular flexibility index (Phi) is 5.73. The van der Waals surface area contributed by atoms with Crippen molar-refractivity contribution in [3.8, 4) is 0 Å². The van der Waals surface area contributed by atoms with E-state index in [1.807, 2.05) is 0 Å². The molecule has 78 valence electrons. The molecular weight excluding hydrogens is 628 g/mol. The molecule has 4 heteroatoms. The number of hydrogen-bond donors (Lipinski definition) is 0. The molecule has 0 fully saturated rings. The lowest BCUT2D eigenvalue weighted by atomic mass is 10.0. The summed E-state index contributed by atoms with van der Waals surface area (Å²) in [4.78, 5) is 0. The Hall–Kier alpha value is 2.14. The molecule has 0 radical (unpaired) electrons. The highest BCUT2D eigenvalue weighted by molar-refractivity contribution is 14.3. The van der Waals surface area contributed by atoms with Crippen molar-refractivity contribution in [2.24, 2.45) is 0 Å². The van der Waals surface area contributed by atoms with Crippen LogP contribution in [0.2, 0.25) is 0 Å². The van der Waals surface area contributed by atoms with Crippen molar-refractivity contribution in [3.05, 3.63) is 32.9 Å². The topological polar surface area (TPSA) is 0 Å². The van der Waals surface area contributed by atoms with E-state index < -0.39 is 0 Å². The van der Waals surface area contributed by atoms with E-state index in [-0.39, 0.29) is -0.565 Å². The molecule has 0 spiro atoms. The minimum Gasteiger partial charge on any atom is -0.0587 e. The molecule has 0 unspecified atom stereocenters. The highest BCUT2D eigenvalue weighted by atomic mass is 127. The molecule has 0 bridgehead atoms. The summed E-state index contributed by atoms with van der Waals surface area (Å²) in [7, 11) is 0. The molecule has 1 aromatic carbocycles. The summed E-state index contributed by atoms with van der Waals surface area (Å²) in [6.07, 6.45) is 0. The Labute approximate surface area is 140 Å². The average molecular weight is 638 g/mol. The summed E-state index contributed by atoms with van der Waals surface area (Å²) >= 11 is 9.83. The largest absolute Gasteiger partial charge is 0.150 e. The van der Waals surface area contributed by atoms with Crippen LogP contribution in [-0.2, 0) is -0.565 Å². The number of alkyl halides is 3. The molecule has 0 aliphatic carbocycles. The van der Waals surface area contributed by atoms with Crippen LogP contribution in [0.15, 0.2) is 18.2 Å². The third kappa shape index (κ3) is 3.86. The first kappa shape index (κ1) is 14.2. The van der Waals surface area contributed by atoms with Gasteiger partial charge in [-0.15, -0.1) is 0 Å². The van der Waals surface area contributed by atoms with E-state index in [9.17, 15) is 0 Å². The maximum absolute atomic E-state index is 2.47. The van der Waals surface area contributed by atoms with Crippen molar-refractivity contribution < 1.29 is 0 Å². The minimum absolute atomic E-state index is 0.166. The fraction of sp³-hybridized carbons (Fsp3) is 0.400. The van der Waals surface area contributed by atoms with E-state index in [1.54, 1.807) is 0 Å². The fourth-order valence-corrected chi connectivity index (χ4v) is 5.02. The van der Waals surface area contributed by atoms with Gasteiger partial charge in [0.05, 0.1) is 0 Å². The third-order valence-electron chi connectivity index (χ3n) is 1.97. The molecule has 0 nitrogen and oxygen atoms in total. The second kappa shape index (κ2) is 5.65. The van der Waals surface area contributed by atoms with Crippen LogP contribution in [0.25, 0.3) is 0 Å². The van der Waals surface area contributed by atoms with Crippen LogP contribution in [0, 0.1) is 3.57 Å². The van der Waals surface area contributed by atoms with Gasteiger partial charge < -0.3 is 0 Å². The second-order valence-corrected chi connectivity index (χ2v) is 15.6. The number of hydrogen-bond acceptors (Lipinski definition) is 0. The van der Waals surface area contributed by atoms with Crippen molar-refractivity contribution in [1.82, 2.24) is 0 Å². The minimum atomic E-state index is 0.166. The summed E-state index contributed by atoms with van der Waals surface area (Å²) < 4.78 is 1.53. The van der Waals surface area contributed by atoms with Gasteiger partial charge >= 0.3 is 0 Å². The SMILES string of the molecule is CC(C)c1ccc(C(I)(I)I)c(I)c1. The first-order valence-electron chi connectivity index (χ1n) is 4.19. The Morgan fingerprint density at radius 3 is 2.07 bits per heavy atom. The highest BCUT2D eigenvalue weighted by Gasteiger charge is 2.23. The summed E-state index contributed by atoms with van der Waals surface area (Å²) in [5.41, 5.74) is 2.83. The summed E-state index contributed by atoms with van der Waals surface area (Å²) in [5, 5.41) is 0. The van der Waals surface area contributed by atoms with Gasteiger partial charge in [-0.2, -0.15) is 0 Å². The predicted molar refractivity (Wildman–Crippen MR) is 97.0 cm³/mol. The molecule has 0 amide bonds. The smallest absolute Gasteiger partial charge is 0.0587 e. The van der Waals surface area contributed by atoms with E-state index in [0.717, 1.165) is 0 Å². The molecule has 0 aliphatic rings. The maximum atomic E-state index is 2.47. The predicted octanol–water partition coefficient (Wildman–Crippen LogP) is 5.83. The molecule has 0 aromatic heterocycles. The van der Waals surface area contributed by atoms with Crippen LogP contribution in [0.5, 0.6) is 0 Å². The Bertz CT molecular complexity index is 325. The van der Waals surface area contributed by atoms with Crippen LogP contribution < -0.4 is 0 Å². The standard InChI is InChI=1S/C10H10I4/c1-6(2)7-3-4-8(9(11)5-7)10(12,13)14/h3-6H,1-2H3. The summed E-state index contributed by atoms with van der Waals surface area (Å²) in [5.74, 6) is 0.615. The van der Waals surface area contributed by atoms with Crippen molar-refractivity contribution >= 4 is 90.4 Å². The van der Waals surface area contributed by atoms with Gasteiger partial charge in [0, 0.05) is 9.13 Å². The fourth-order valence-electron chi connectivity index (χ4n) is 1.12. The van der Waals surface area contributed by atoms with Gasteiger partial charge in [0.1, 0.15) is -0.565 Å². The molecule has 14 heavy (non-hydrogen) atoms. The first-order chi connectivity index (χ1) is 6.32. The van der Waals surface area contributed by atoms with Gasteiger partial charge in [0.2, 0.25) is 0 Å². The molecule has 0 N–H and O–H groups in total. The number of halogens is 4. The summed E-state index contributed by atoms with van der Waals surface area (Å²) in [6, 6.07) is 6.79. The molecular formula is C10H10I4. The molecule has 0 aliphatic heterocycles. The molecule has 1 aromatic rings. The van der Waals surface area contributed by atoms with Gasteiger partial charge in [0.25, 0.3) is 0 Å². The van der Waals surface area contributed by atoms with Crippen molar-refractivity contribution in [3.63, 3.8) is 0 Å². The normalized spacial score (nSPS) is 12.2. The first-order valence-corrected chi connectivity index (χ1v) is 8.50. The van der Waals surface area contributed by atoms with E-state index in [0.29, 0.717) is 5.92 Å². The average Bonchev–Trinajstić information content (AvgIpc) is 2.01. The molecule has 1 rings (SSSR count). The second-order valence-electron chi connectivity index (χ2n) is 3.39. The van der Waals surface area contributed by atoms with Gasteiger partial charge in [0.15, 0.2) is 0 Å². The Morgan fingerprint density at radius 2 is 1.71 bits per heavy atom. The van der Waals surface area contributed by atoms with E-state index in [2.05, 4.69) is 122 Å². The van der Waals surface area contributed by atoms with Crippen molar-refractivity contribution in [2.75, 3.05) is 0 Å². The highest BCUT2D eigenvalue weighted by Crippen LogP contribution is 2.47. The van der Waals surface area contributed by atoms with E-state index in [4.69, 9.17) is 0 Å². The van der Waals surface area contributed by atoms with Crippen LogP contribution in [0.1, 0.15) is 30.9 Å². The molecule has 0 saturated heterocycles. The molecule has 0 atom stereocenters. The van der Waals surface area contributed by atoms with Crippen LogP contribution in [0.3, 0.4) is 0 Å². The lowest BCUT2D eigenvalue weighted by Crippen LogP contribution is -2.01. The zero-order valence-electron chi connectivity index (χ0n) is 7.82. The quantitative estimate of drug-likeness (QED) is 0.283. The van der Waals surface area contributed by atoms with E-state index >= 15 is 0 Å². The zero-order valence-corrected chi connectivity index (χ0v) is 16.5. The van der Waals surface area contributed by atoms with Crippen molar-refractivity contribution in [1.29, 1.82) is 0 Å². The number of rotatable bonds is 2. The van der Waals surface area contributed by atoms with Gasteiger partial charge in [-0.3, -0.25) is 0 Å². The lowest BCUT2D eigenvalue weighted by molar-refractivity contribution is 0.864. The Balaban J connectivity index is 3.15. The van der Waals surface area contributed by atoms with Gasteiger partial charge in [-0.25, -0.2) is 0 Å². The van der Waals surface area contributed by atoms with Gasteiger partial charge in [-0.05, 0) is 108 Å². The molecule has 0 heterocycles. The molecule has 0 saturated carbocycles. The van der Waals surface area contributed by atoms with Crippen molar-refractivity contribution in [2.45, 2.75) is 19.2 Å². The van der Waals surface area contributed by atoms with Gasteiger partial charge in [-0.1, -0.05) is 26.0 Å². The third-order valence-corrected chi connectivity index (χ3v) is 4.60. The monoisotopic (exact) mass is 638 g/mol. The lowest BCUT2D eigenvalue weighted by Gasteiger charge is -2.16. The summed E-state index contributed by atoms with van der Waals surface area (Å²) in [6.45, 7) is 4.47. The number of benzene rings is 1. The van der Waals surface area contributed by atoms with E-state index in [1.165, 1.54) is 14.7 Å². The van der Waals surface area contributed by atoms with Crippen LogP contribution in [0.4, 0.5) is 0 Å². The Morgan fingerprint density at radius 1 is 1.14 bits per heavy atom.